The predicted octanol–water partition coefficient (Wildman–Crippen LogP) is 6.97. The molecule has 24 heavy (non-hydrogen) atoms. The Balaban J connectivity index is 1.68. The number of isothiocyanates is 1. The monoisotopic (exact) mass is 345 g/mol. The van der Waals surface area contributed by atoms with Crippen molar-refractivity contribution in [3.8, 4) is 5.75 Å². The van der Waals surface area contributed by atoms with Gasteiger partial charge in [0.05, 0.1) is 17.5 Å². The molecule has 0 N–H and O–H groups in total. The van der Waals surface area contributed by atoms with Gasteiger partial charge >= 0.3 is 0 Å². The fourth-order valence-electron chi connectivity index (χ4n) is 3.91. The van der Waals surface area contributed by atoms with Gasteiger partial charge in [0.2, 0.25) is 0 Å². The Morgan fingerprint density at radius 2 is 1.71 bits per heavy atom. The zero-order chi connectivity index (χ0) is 17.0. The number of benzene rings is 1. The van der Waals surface area contributed by atoms with Crippen LogP contribution in [-0.4, -0.2) is 11.8 Å². The van der Waals surface area contributed by atoms with Crippen LogP contribution in [0.1, 0.15) is 71.1 Å². The third-order valence-electron chi connectivity index (χ3n) is 5.24. The third-order valence-corrected chi connectivity index (χ3v) is 5.34. The lowest BCUT2D eigenvalue weighted by atomic mass is 9.74. The van der Waals surface area contributed by atoms with Crippen LogP contribution in [-0.2, 0) is 0 Å². The Labute approximate surface area is 152 Å². The maximum Gasteiger partial charge on any atom is 0.119 e. The maximum absolute atomic E-state index is 5.88. The van der Waals surface area contributed by atoms with Gasteiger partial charge in [0.15, 0.2) is 0 Å². The van der Waals surface area contributed by atoms with Crippen molar-refractivity contribution >= 4 is 23.1 Å². The molecule has 0 saturated heterocycles. The number of rotatable bonds is 10. The van der Waals surface area contributed by atoms with E-state index in [2.05, 4.69) is 29.3 Å². The van der Waals surface area contributed by atoms with Crippen molar-refractivity contribution in [3.05, 3.63) is 24.3 Å². The Morgan fingerprint density at radius 1 is 1.04 bits per heavy atom. The first-order valence-electron chi connectivity index (χ1n) is 9.64. The van der Waals surface area contributed by atoms with Gasteiger partial charge in [-0.25, -0.2) is 0 Å². The quantitative estimate of drug-likeness (QED) is 0.259. The van der Waals surface area contributed by atoms with E-state index in [4.69, 9.17) is 4.74 Å². The fraction of sp³-hybridized carbons (Fsp3) is 0.667. The van der Waals surface area contributed by atoms with Crippen molar-refractivity contribution in [1.29, 1.82) is 0 Å². The normalized spacial score (nSPS) is 20.4. The molecule has 1 aliphatic carbocycles. The summed E-state index contributed by atoms with van der Waals surface area (Å²) < 4.78 is 5.88. The summed E-state index contributed by atoms with van der Waals surface area (Å²) in [5, 5.41) is 2.38. The van der Waals surface area contributed by atoms with Crippen molar-refractivity contribution in [2.45, 2.75) is 71.1 Å². The van der Waals surface area contributed by atoms with Gasteiger partial charge in [-0.1, -0.05) is 58.3 Å². The van der Waals surface area contributed by atoms with E-state index in [0.717, 1.165) is 36.3 Å². The molecule has 1 saturated carbocycles. The molecule has 0 amide bonds. The van der Waals surface area contributed by atoms with Crippen LogP contribution in [0.3, 0.4) is 0 Å². The number of aliphatic imine (C=N–C) groups is 1. The maximum atomic E-state index is 5.88. The molecule has 0 radical (unpaired) electrons. The van der Waals surface area contributed by atoms with E-state index in [1.54, 1.807) is 0 Å². The molecule has 0 bridgehead atoms. The van der Waals surface area contributed by atoms with Crippen molar-refractivity contribution in [3.63, 3.8) is 0 Å². The van der Waals surface area contributed by atoms with Crippen LogP contribution in [0, 0.1) is 11.8 Å². The average Bonchev–Trinajstić information content (AvgIpc) is 2.62. The van der Waals surface area contributed by atoms with Gasteiger partial charge in [-0.3, -0.25) is 0 Å². The summed E-state index contributed by atoms with van der Waals surface area (Å²) in [6.07, 6.45) is 13.8. The predicted molar refractivity (Wildman–Crippen MR) is 105 cm³/mol. The van der Waals surface area contributed by atoms with Crippen molar-refractivity contribution in [2.24, 2.45) is 16.8 Å². The molecule has 1 aliphatic rings. The van der Waals surface area contributed by atoms with E-state index in [-0.39, 0.29) is 0 Å². The van der Waals surface area contributed by atoms with Crippen LogP contribution in [0.2, 0.25) is 0 Å². The molecule has 2 rings (SSSR count). The summed E-state index contributed by atoms with van der Waals surface area (Å²) in [5.41, 5.74) is 0.828. The van der Waals surface area contributed by atoms with Crippen LogP contribution < -0.4 is 4.74 Å². The average molecular weight is 346 g/mol. The molecule has 1 aromatic carbocycles. The fourth-order valence-corrected chi connectivity index (χ4v) is 4.01. The zero-order valence-electron chi connectivity index (χ0n) is 15.0. The molecule has 3 heteroatoms. The molecule has 0 aromatic heterocycles. The molecule has 2 unspecified atom stereocenters. The van der Waals surface area contributed by atoms with Crippen LogP contribution in [0.4, 0.5) is 5.69 Å². The van der Waals surface area contributed by atoms with Gasteiger partial charge in [0.1, 0.15) is 5.75 Å². The second kappa shape index (κ2) is 11.4. The number of nitrogens with zero attached hydrogens (tertiary/aromatic N) is 1. The number of thiocarbonyl (C=S) groups is 1. The van der Waals surface area contributed by atoms with Crippen LogP contribution in [0.25, 0.3) is 0 Å². The Bertz CT molecular complexity index is 507. The molecular formula is C21H31NOS. The van der Waals surface area contributed by atoms with Crippen molar-refractivity contribution < 1.29 is 4.74 Å². The lowest BCUT2D eigenvalue weighted by molar-refractivity contribution is 0.190. The summed E-state index contributed by atoms with van der Waals surface area (Å²) in [5.74, 6) is 2.82. The minimum atomic E-state index is 0.813. The van der Waals surface area contributed by atoms with Crippen LogP contribution in [0.5, 0.6) is 5.75 Å². The van der Waals surface area contributed by atoms with Gasteiger partial charge in [-0.15, -0.1) is 0 Å². The molecular weight excluding hydrogens is 314 g/mol. The molecule has 132 valence electrons. The molecule has 2 atom stereocenters. The van der Waals surface area contributed by atoms with E-state index in [0.29, 0.717) is 0 Å². The highest BCUT2D eigenvalue weighted by molar-refractivity contribution is 7.78. The third kappa shape index (κ3) is 6.75. The molecule has 0 heterocycles. The summed E-state index contributed by atoms with van der Waals surface area (Å²) in [4.78, 5) is 3.95. The standard InChI is InChI=1S/C21H31NOS/c1-2-3-4-8-18-9-5-6-10-19(18)11-7-16-23-21-14-12-20(13-15-21)22-17-24/h12-15,18-19H,2-11,16H2,1H3. The van der Waals surface area contributed by atoms with E-state index < -0.39 is 0 Å². The summed E-state index contributed by atoms with van der Waals surface area (Å²) in [6, 6.07) is 7.75. The van der Waals surface area contributed by atoms with Crippen molar-refractivity contribution in [2.75, 3.05) is 6.61 Å². The Hall–Kier alpha value is -1.18. The minimum Gasteiger partial charge on any atom is -0.494 e. The first kappa shape index (κ1) is 19.1. The molecule has 1 aromatic rings. The Kier molecular flexibility index (Phi) is 9.09. The highest BCUT2D eigenvalue weighted by atomic mass is 32.1. The number of hydrogen-bond donors (Lipinski definition) is 0. The second-order valence-corrected chi connectivity index (χ2v) is 7.17. The van der Waals surface area contributed by atoms with E-state index >= 15 is 0 Å². The lowest BCUT2D eigenvalue weighted by Crippen LogP contribution is -2.20. The number of ether oxygens (including phenoxy) is 1. The smallest absolute Gasteiger partial charge is 0.119 e. The van der Waals surface area contributed by atoms with Crippen LogP contribution >= 0.6 is 12.2 Å². The summed E-state index contributed by atoms with van der Waals surface area (Å²) in [7, 11) is 0. The SMILES string of the molecule is CCCCCC1CCCCC1CCCOc1ccc(N=C=S)cc1. The van der Waals surface area contributed by atoms with Gasteiger partial charge in [-0.05, 0) is 61.2 Å². The van der Waals surface area contributed by atoms with E-state index in [1.165, 1.54) is 57.8 Å². The van der Waals surface area contributed by atoms with Crippen LogP contribution in [0.15, 0.2) is 29.3 Å². The van der Waals surface area contributed by atoms with Gasteiger partial charge in [-0.2, -0.15) is 4.99 Å². The molecule has 0 aliphatic heterocycles. The highest BCUT2D eigenvalue weighted by Gasteiger charge is 2.24. The summed E-state index contributed by atoms with van der Waals surface area (Å²) >= 11 is 4.61. The van der Waals surface area contributed by atoms with Gasteiger partial charge < -0.3 is 4.74 Å². The molecule has 1 fully saturated rings. The van der Waals surface area contributed by atoms with Gasteiger partial charge in [0, 0.05) is 0 Å². The van der Waals surface area contributed by atoms with E-state index in [9.17, 15) is 0 Å². The van der Waals surface area contributed by atoms with Gasteiger partial charge in [0.25, 0.3) is 0 Å². The van der Waals surface area contributed by atoms with Crippen molar-refractivity contribution in [1.82, 2.24) is 0 Å². The highest BCUT2D eigenvalue weighted by Crippen LogP contribution is 2.36. The molecule has 2 nitrogen and oxygen atoms in total. The first-order chi connectivity index (χ1) is 11.8. The number of hydrogen-bond acceptors (Lipinski definition) is 3. The minimum absolute atomic E-state index is 0.813. The topological polar surface area (TPSA) is 21.6 Å². The van der Waals surface area contributed by atoms with E-state index in [1.807, 2.05) is 24.3 Å². The molecule has 0 spiro atoms. The Morgan fingerprint density at radius 3 is 2.33 bits per heavy atom. The zero-order valence-corrected chi connectivity index (χ0v) is 15.8. The summed E-state index contributed by atoms with van der Waals surface area (Å²) in [6.45, 7) is 3.11. The second-order valence-electron chi connectivity index (χ2n) is 6.99. The number of unbranched alkanes of at least 4 members (excludes halogenated alkanes) is 2. The first-order valence-corrected chi connectivity index (χ1v) is 10.0. The largest absolute Gasteiger partial charge is 0.494 e. The lowest BCUT2D eigenvalue weighted by Gasteiger charge is -2.31.